The van der Waals surface area contributed by atoms with E-state index in [0.29, 0.717) is 32.3 Å². The van der Waals surface area contributed by atoms with E-state index in [1.165, 1.54) is 17.4 Å². The molecule has 0 radical (unpaired) electrons. The zero-order chi connectivity index (χ0) is 23.3. The van der Waals surface area contributed by atoms with Crippen LogP contribution in [0.2, 0.25) is 0 Å². The Morgan fingerprint density at radius 2 is 1.85 bits per heavy atom. The predicted molar refractivity (Wildman–Crippen MR) is 131 cm³/mol. The lowest BCUT2D eigenvalue weighted by molar-refractivity contribution is 0.122. The van der Waals surface area contributed by atoms with Gasteiger partial charge in [0.1, 0.15) is 11.2 Å². The molecule has 0 bridgehead atoms. The normalized spacial score (nSPS) is 19.7. The highest BCUT2D eigenvalue weighted by Crippen LogP contribution is 2.36. The van der Waals surface area contributed by atoms with Crippen molar-refractivity contribution in [2.45, 2.75) is 25.3 Å². The molecule has 1 aromatic carbocycles. The van der Waals surface area contributed by atoms with Gasteiger partial charge in [-0.1, -0.05) is 30.4 Å². The molecule has 2 saturated heterocycles. The molecule has 0 spiro atoms. The third kappa shape index (κ3) is 3.79. The van der Waals surface area contributed by atoms with Crippen molar-refractivity contribution < 1.29 is 13.2 Å². The number of benzene rings is 1. The van der Waals surface area contributed by atoms with Crippen LogP contribution in [0.15, 0.2) is 30.6 Å². The zero-order valence-electron chi connectivity index (χ0n) is 19.2. The molecule has 1 aliphatic carbocycles. The van der Waals surface area contributed by atoms with Crippen LogP contribution in [-0.4, -0.2) is 77.9 Å². The first kappa shape index (κ1) is 21.7. The first-order valence-corrected chi connectivity index (χ1v) is 13.6. The summed E-state index contributed by atoms with van der Waals surface area (Å²) >= 11 is 0. The molecule has 9 nitrogen and oxygen atoms in total. The third-order valence-corrected chi connectivity index (χ3v) is 8.37. The minimum Gasteiger partial charge on any atom is -0.378 e. The average molecular weight is 481 g/mol. The number of imidazole rings is 1. The van der Waals surface area contributed by atoms with Crippen LogP contribution in [-0.2, 0) is 21.2 Å². The fraction of sp³-hybridized carbons (Fsp3) is 0.458. The van der Waals surface area contributed by atoms with Crippen LogP contribution in [0.5, 0.6) is 0 Å². The van der Waals surface area contributed by atoms with Gasteiger partial charge in [-0.05, 0) is 30.4 Å². The Balaban J connectivity index is 1.46. The second-order valence-corrected chi connectivity index (χ2v) is 11.2. The lowest BCUT2D eigenvalue weighted by Gasteiger charge is -2.31. The SMILES string of the molecule is CS(=O)(=O)N1CCC(n2cnc3c(-c4cccc5c4C=CC5)nc(N4CCOCC4)nc32)CC1. The van der Waals surface area contributed by atoms with Gasteiger partial charge < -0.3 is 14.2 Å². The van der Waals surface area contributed by atoms with Gasteiger partial charge in [0.2, 0.25) is 16.0 Å². The zero-order valence-corrected chi connectivity index (χ0v) is 20.0. The van der Waals surface area contributed by atoms with E-state index in [1.54, 1.807) is 4.31 Å². The van der Waals surface area contributed by atoms with Crippen molar-refractivity contribution in [3.05, 3.63) is 41.7 Å². The van der Waals surface area contributed by atoms with Crippen molar-refractivity contribution >= 4 is 33.2 Å². The van der Waals surface area contributed by atoms with E-state index in [1.807, 2.05) is 6.33 Å². The molecule has 2 fully saturated rings. The second-order valence-electron chi connectivity index (χ2n) is 9.17. The lowest BCUT2D eigenvalue weighted by Crippen LogP contribution is -2.38. The summed E-state index contributed by atoms with van der Waals surface area (Å²) in [5, 5.41) is 0. The first-order chi connectivity index (χ1) is 16.5. The fourth-order valence-corrected chi connectivity index (χ4v) is 6.09. The standard InChI is InChI=1S/C24H28N6O3S/c1-34(31,32)29-10-8-18(9-11-29)30-16-25-22-21(20-7-3-5-17-4-2-6-19(17)20)26-24(27-23(22)30)28-12-14-33-15-13-28/h2-3,5-7,16,18H,4,8-15H2,1H3. The van der Waals surface area contributed by atoms with Crippen LogP contribution in [0.1, 0.15) is 30.0 Å². The van der Waals surface area contributed by atoms with Gasteiger partial charge in [0, 0.05) is 37.8 Å². The number of morpholine rings is 1. The summed E-state index contributed by atoms with van der Waals surface area (Å²) in [6.07, 6.45) is 9.88. The number of piperidine rings is 1. The van der Waals surface area contributed by atoms with E-state index in [-0.39, 0.29) is 6.04 Å². The van der Waals surface area contributed by atoms with Crippen LogP contribution in [0, 0.1) is 0 Å². The molecule has 0 N–H and O–H groups in total. The first-order valence-electron chi connectivity index (χ1n) is 11.8. The van der Waals surface area contributed by atoms with Crippen LogP contribution in [0.3, 0.4) is 0 Å². The number of hydrogen-bond donors (Lipinski definition) is 0. The van der Waals surface area contributed by atoms with Crippen molar-refractivity contribution in [1.29, 1.82) is 0 Å². The van der Waals surface area contributed by atoms with Gasteiger partial charge in [0.15, 0.2) is 5.65 Å². The summed E-state index contributed by atoms with van der Waals surface area (Å²) in [6, 6.07) is 6.50. The van der Waals surface area contributed by atoms with E-state index >= 15 is 0 Å². The van der Waals surface area contributed by atoms with Crippen molar-refractivity contribution in [2.24, 2.45) is 0 Å². The molecular formula is C24H28N6O3S. The number of hydrogen-bond acceptors (Lipinski definition) is 7. The number of rotatable bonds is 4. The maximum absolute atomic E-state index is 12.0. The average Bonchev–Trinajstić information content (AvgIpc) is 3.51. The van der Waals surface area contributed by atoms with Crippen LogP contribution in [0.4, 0.5) is 5.95 Å². The van der Waals surface area contributed by atoms with Crippen molar-refractivity contribution in [3.63, 3.8) is 0 Å². The highest BCUT2D eigenvalue weighted by Gasteiger charge is 2.29. The molecule has 34 heavy (non-hydrogen) atoms. The number of allylic oxidation sites excluding steroid dienone is 1. The maximum Gasteiger partial charge on any atom is 0.228 e. The molecule has 3 aromatic rings. The summed E-state index contributed by atoms with van der Waals surface area (Å²) in [6.45, 7) is 3.83. The smallest absolute Gasteiger partial charge is 0.228 e. The summed E-state index contributed by atoms with van der Waals surface area (Å²) in [7, 11) is -3.17. The molecule has 6 rings (SSSR count). The van der Waals surface area contributed by atoms with Gasteiger partial charge >= 0.3 is 0 Å². The largest absolute Gasteiger partial charge is 0.378 e. The molecule has 2 aliphatic heterocycles. The Hall–Kier alpha value is -2.82. The van der Waals surface area contributed by atoms with Crippen LogP contribution >= 0.6 is 0 Å². The number of aromatic nitrogens is 4. The van der Waals surface area contributed by atoms with Gasteiger partial charge in [-0.15, -0.1) is 0 Å². The van der Waals surface area contributed by atoms with Crippen molar-refractivity contribution in [1.82, 2.24) is 23.8 Å². The fourth-order valence-electron chi connectivity index (χ4n) is 5.21. The third-order valence-electron chi connectivity index (χ3n) is 7.06. The highest BCUT2D eigenvalue weighted by atomic mass is 32.2. The monoisotopic (exact) mass is 480 g/mol. The summed E-state index contributed by atoms with van der Waals surface area (Å²) in [5.74, 6) is 0.695. The number of nitrogens with zero attached hydrogens (tertiary/aromatic N) is 6. The number of sulfonamides is 1. The molecular weight excluding hydrogens is 452 g/mol. The second kappa shape index (κ2) is 8.44. The quantitative estimate of drug-likeness (QED) is 0.566. The Kier molecular flexibility index (Phi) is 5.39. The molecule has 0 saturated carbocycles. The number of anilines is 1. The Morgan fingerprint density at radius 1 is 1.06 bits per heavy atom. The summed E-state index contributed by atoms with van der Waals surface area (Å²) < 4.78 is 33.2. The topological polar surface area (TPSA) is 93.5 Å². The lowest BCUT2D eigenvalue weighted by atomic mass is 10.00. The van der Waals surface area contributed by atoms with Gasteiger partial charge in [0.25, 0.3) is 0 Å². The summed E-state index contributed by atoms with van der Waals surface area (Å²) in [5.41, 5.74) is 6.02. The Bertz CT molecular complexity index is 1370. The van der Waals surface area contributed by atoms with E-state index in [2.05, 4.69) is 39.8 Å². The molecule has 178 valence electrons. The minimum absolute atomic E-state index is 0.143. The van der Waals surface area contributed by atoms with Gasteiger partial charge in [0.05, 0.1) is 25.8 Å². The van der Waals surface area contributed by atoms with Gasteiger partial charge in [-0.25, -0.2) is 22.7 Å². The van der Waals surface area contributed by atoms with Crippen molar-refractivity contribution in [2.75, 3.05) is 50.5 Å². The van der Waals surface area contributed by atoms with E-state index < -0.39 is 10.0 Å². The van der Waals surface area contributed by atoms with Gasteiger partial charge in [-0.3, -0.25) is 0 Å². The number of ether oxygens (including phenoxy) is 1. The predicted octanol–water partition coefficient (Wildman–Crippen LogP) is 2.50. The highest BCUT2D eigenvalue weighted by molar-refractivity contribution is 7.88. The molecule has 2 aromatic heterocycles. The maximum atomic E-state index is 12.0. The number of fused-ring (bicyclic) bond motifs is 2. The van der Waals surface area contributed by atoms with E-state index in [9.17, 15) is 8.42 Å². The van der Waals surface area contributed by atoms with E-state index in [0.717, 1.165) is 54.8 Å². The molecule has 10 heteroatoms. The van der Waals surface area contributed by atoms with E-state index in [4.69, 9.17) is 19.7 Å². The molecule has 0 atom stereocenters. The summed E-state index contributed by atoms with van der Waals surface area (Å²) in [4.78, 5) is 17.0. The van der Waals surface area contributed by atoms with Crippen LogP contribution in [0.25, 0.3) is 28.5 Å². The van der Waals surface area contributed by atoms with Crippen LogP contribution < -0.4 is 4.90 Å². The van der Waals surface area contributed by atoms with Crippen molar-refractivity contribution in [3.8, 4) is 11.3 Å². The Morgan fingerprint density at radius 3 is 2.62 bits per heavy atom. The molecule has 0 unspecified atom stereocenters. The molecule has 3 aliphatic rings. The molecule has 4 heterocycles. The molecule has 0 amide bonds. The minimum atomic E-state index is -3.17. The Labute approximate surface area is 199 Å². The van der Waals surface area contributed by atoms with Gasteiger partial charge in [-0.2, -0.15) is 4.98 Å².